The summed E-state index contributed by atoms with van der Waals surface area (Å²) in [5, 5.41) is 13.6. The summed E-state index contributed by atoms with van der Waals surface area (Å²) in [5.74, 6) is -4.14. The predicted octanol–water partition coefficient (Wildman–Crippen LogP) is 2.97. The summed E-state index contributed by atoms with van der Waals surface area (Å²) >= 11 is 6.60. The first-order chi connectivity index (χ1) is 22.7. The van der Waals surface area contributed by atoms with Crippen LogP contribution in [0.5, 0.6) is 0 Å². The van der Waals surface area contributed by atoms with Crippen LogP contribution in [0.25, 0.3) is 0 Å². The van der Waals surface area contributed by atoms with Crippen LogP contribution in [0.2, 0.25) is 5.02 Å². The molecule has 1 spiro atoms. The number of para-hydroxylation sites is 1. The average Bonchev–Trinajstić information content (AvgIpc) is 3.72. The molecule has 6 rings (SSSR count). The highest BCUT2D eigenvalue weighted by Crippen LogP contribution is 2.56. The monoisotopic (exact) mass is 663 g/mol. The topological polar surface area (TPSA) is 135 Å². The van der Waals surface area contributed by atoms with Gasteiger partial charge >= 0.3 is 5.97 Å². The predicted molar refractivity (Wildman–Crippen MR) is 172 cm³/mol. The molecule has 11 nitrogen and oxygen atoms in total. The summed E-state index contributed by atoms with van der Waals surface area (Å²) in [6.45, 7) is 1.37. The molecule has 5 bridgehead atoms. The van der Waals surface area contributed by atoms with Crippen molar-refractivity contribution in [2.45, 2.75) is 55.7 Å². The number of likely N-dealkylation sites (tertiary alicyclic amines) is 1. The highest BCUT2D eigenvalue weighted by molar-refractivity contribution is 6.34. The van der Waals surface area contributed by atoms with Crippen molar-refractivity contribution in [3.05, 3.63) is 89.5 Å². The number of fused-ring (bicyclic) bond motifs is 2. The number of carbonyl (C=O) groups is 4. The molecule has 4 heterocycles. The van der Waals surface area contributed by atoms with Gasteiger partial charge < -0.3 is 34.4 Å². The van der Waals surface area contributed by atoms with Crippen molar-refractivity contribution in [3.8, 4) is 0 Å². The second-order valence-electron chi connectivity index (χ2n) is 12.3. The Morgan fingerprint density at radius 2 is 1.81 bits per heavy atom. The lowest BCUT2D eigenvalue weighted by Gasteiger charge is -2.38. The van der Waals surface area contributed by atoms with E-state index in [9.17, 15) is 24.3 Å². The first-order valence-electron chi connectivity index (χ1n) is 15.8. The van der Waals surface area contributed by atoms with Crippen molar-refractivity contribution in [1.29, 1.82) is 0 Å². The van der Waals surface area contributed by atoms with Gasteiger partial charge in [-0.15, -0.1) is 0 Å². The number of esters is 1. The number of halogens is 1. The van der Waals surface area contributed by atoms with E-state index < -0.39 is 72.2 Å². The smallest absolute Gasteiger partial charge is 0.313 e. The van der Waals surface area contributed by atoms with Gasteiger partial charge in [0.05, 0.1) is 48.0 Å². The van der Waals surface area contributed by atoms with Crippen LogP contribution in [0.15, 0.2) is 78.9 Å². The lowest BCUT2D eigenvalue weighted by Crippen LogP contribution is -2.58. The number of hydrogen-bond acceptors (Lipinski definition) is 8. The molecule has 2 saturated heterocycles. The van der Waals surface area contributed by atoms with Crippen molar-refractivity contribution in [3.63, 3.8) is 0 Å². The Labute approximate surface area is 278 Å². The largest absolute Gasteiger partial charge is 0.455 e. The number of methoxy groups -OCH3 is 1. The number of hydrogen-bond donors (Lipinski definition) is 2. The fourth-order valence-electron chi connectivity index (χ4n) is 7.25. The van der Waals surface area contributed by atoms with Gasteiger partial charge in [-0.25, -0.2) is 0 Å². The highest BCUT2D eigenvalue weighted by Gasteiger charge is 2.74. The molecule has 3 amide bonds. The number of allylic oxidation sites excluding steroid dienone is 1. The van der Waals surface area contributed by atoms with Gasteiger partial charge in [-0.2, -0.15) is 0 Å². The van der Waals surface area contributed by atoms with E-state index >= 15 is 0 Å². The maximum atomic E-state index is 14.8. The van der Waals surface area contributed by atoms with Gasteiger partial charge in [0.2, 0.25) is 11.8 Å². The standard InChI is InChI=1S/C35H38ClN3O8/c1-21(19-40)39-31-33(43)38(25-14-9-8-13-23(25)36)18-10-4-7-15-27(41)37-24(20-45-2)30(22-11-5-3-6-12-22)46-34(44)28-26-16-17-35(31,47-26)29(28)32(39)42/h3-6,8-14,16-17,21,24,26,28-31,40H,7,15,18-20H2,1-2H3,(H,37,41)/b10-4-/t21-,24+,26-,28+,29+,30+,31-,35+/m1/s1. The molecule has 0 unspecified atom stereocenters. The van der Waals surface area contributed by atoms with Crippen LogP contribution in [0, 0.1) is 11.8 Å². The minimum Gasteiger partial charge on any atom is -0.455 e. The molecule has 4 aliphatic heterocycles. The van der Waals surface area contributed by atoms with Gasteiger partial charge in [0, 0.05) is 20.1 Å². The van der Waals surface area contributed by atoms with E-state index in [0.29, 0.717) is 22.7 Å². The SMILES string of the molecule is COC[C@@H]1NC(=O)CC/C=C\CN(c2ccccc2Cl)C(=O)[C@H]2N([C@H](C)CO)C(=O)[C@@H]3[C@@H](C(=O)O[C@H]1c1ccccc1)[C@H]1C=C[C@]32O1. The fraction of sp³-hybridized carbons (Fsp3) is 0.429. The molecule has 0 radical (unpaired) electrons. The molecule has 47 heavy (non-hydrogen) atoms. The Kier molecular flexibility index (Phi) is 9.52. The van der Waals surface area contributed by atoms with E-state index in [0.717, 1.165) is 0 Å². The number of cyclic esters (lactones) is 1. The summed E-state index contributed by atoms with van der Waals surface area (Å²) in [4.78, 5) is 59.4. The molecule has 12 heteroatoms. The second-order valence-corrected chi connectivity index (χ2v) is 12.7. The Hall–Kier alpha value is -4.03. The third kappa shape index (κ3) is 5.86. The molecule has 2 fully saturated rings. The third-order valence-corrected chi connectivity index (χ3v) is 9.71. The van der Waals surface area contributed by atoms with E-state index in [1.54, 1.807) is 79.8 Å². The van der Waals surface area contributed by atoms with Crippen molar-refractivity contribution in [1.82, 2.24) is 10.2 Å². The van der Waals surface area contributed by atoms with Crippen molar-refractivity contribution in [2.24, 2.45) is 11.8 Å². The van der Waals surface area contributed by atoms with Crippen LogP contribution >= 0.6 is 11.6 Å². The molecule has 2 aromatic carbocycles. The van der Waals surface area contributed by atoms with Crippen molar-refractivity contribution in [2.75, 3.05) is 31.8 Å². The number of anilines is 1. The molecule has 2 aromatic rings. The van der Waals surface area contributed by atoms with Crippen LogP contribution in [-0.2, 0) is 33.4 Å². The number of nitrogens with zero attached hydrogens (tertiary/aromatic N) is 2. The lowest BCUT2D eigenvalue weighted by molar-refractivity contribution is -0.162. The van der Waals surface area contributed by atoms with Gasteiger partial charge in [-0.1, -0.05) is 78.4 Å². The van der Waals surface area contributed by atoms with Crippen LogP contribution < -0.4 is 10.2 Å². The van der Waals surface area contributed by atoms with Gasteiger partial charge in [-0.05, 0) is 31.0 Å². The number of ether oxygens (including phenoxy) is 3. The zero-order valence-electron chi connectivity index (χ0n) is 26.2. The highest BCUT2D eigenvalue weighted by atomic mass is 35.5. The Bertz CT molecular complexity index is 1580. The number of carbonyl (C=O) groups excluding carboxylic acids is 4. The molecule has 4 aliphatic rings. The number of nitrogens with one attached hydrogen (secondary N) is 1. The van der Waals surface area contributed by atoms with Gasteiger partial charge in [-0.3, -0.25) is 19.2 Å². The second kappa shape index (κ2) is 13.6. The van der Waals surface area contributed by atoms with Crippen LogP contribution in [-0.4, -0.2) is 90.4 Å². The van der Waals surface area contributed by atoms with E-state index in [-0.39, 0.29) is 25.5 Å². The maximum Gasteiger partial charge on any atom is 0.313 e. The van der Waals surface area contributed by atoms with Gasteiger partial charge in [0.15, 0.2) is 0 Å². The van der Waals surface area contributed by atoms with Crippen LogP contribution in [0.4, 0.5) is 5.69 Å². The first kappa shape index (κ1) is 32.9. The van der Waals surface area contributed by atoms with E-state index in [1.165, 1.54) is 16.9 Å². The molecule has 8 atom stereocenters. The fourth-order valence-corrected chi connectivity index (χ4v) is 7.49. The summed E-state index contributed by atoms with van der Waals surface area (Å²) < 4.78 is 18.2. The summed E-state index contributed by atoms with van der Waals surface area (Å²) in [5.41, 5.74) is -0.443. The number of benzene rings is 2. The summed E-state index contributed by atoms with van der Waals surface area (Å²) in [6, 6.07) is 13.2. The maximum absolute atomic E-state index is 14.8. The third-order valence-electron chi connectivity index (χ3n) is 9.39. The Balaban J connectivity index is 1.47. The zero-order valence-corrected chi connectivity index (χ0v) is 26.9. The van der Waals surface area contributed by atoms with Crippen LogP contribution in [0.3, 0.4) is 0 Å². The van der Waals surface area contributed by atoms with Gasteiger partial charge in [0.25, 0.3) is 5.91 Å². The summed E-state index contributed by atoms with van der Waals surface area (Å²) in [7, 11) is 1.50. The normalized spacial score (nSPS) is 32.3. The Morgan fingerprint density at radius 3 is 2.53 bits per heavy atom. The van der Waals surface area contributed by atoms with Gasteiger partial charge in [0.1, 0.15) is 23.7 Å². The van der Waals surface area contributed by atoms with E-state index in [1.807, 2.05) is 6.07 Å². The minimum atomic E-state index is -1.49. The quantitative estimate of drug-likeness (QED) is 0.356. The van der Waals surface area contributed by atoms with Crippen molar-refractivity contribution < 1.29 is 38.5 Å². The number of aliphatic hydroxyl groups is 1. The molecular weight excluding hydrogens is 626 g/mol. The van der Waals surface area contributed by atoms with E-state index in [4.69, 9.17) is 25.8 Å². The molecule has 248 valence electrons. The summed E-state index contributed by atoms with van der Waals surface area (Å²) in [6.07, 6.45) is 5.69. The lowest BCUT2D eigenvalue weighted by atomic mass is 9.74. The molecule has 0 aromatic heterocycles. The zero-order chi connectivity index (χ0) is 33.3. The number of rotatable bonds is 6. The molecule has 0 saturated carbocycles. The molecule has 0 aliphatic carbocycles. The molecular formula is C35H38ClN3O8. The number of aliphatic hydroxyl groups excluding tert-OH is 1. The van der Waals surface area contributed by atoms with E-state index in [2.05, 4.69) is 5.32 Å². The number of amides is 3. The van der Waals surface area contributed by atoms with Crippen molar-refractivity contribution >= 4 is 41.0 Å². The average molecular weight is 664 g/mol. The Morgan fingerprint density at radius 1 is 1.06 bits per heavy atom. The molecule has 2 N–H and O–H groups in total. The minimum absolute atomic E-state index is 0.0520. The first-order valence-corrected chi connectivity index (χ1v) is 16.1. The van der Waals surface area contributed by atoms with Crippen LogP contribution in [0.1, 0.15) is 31.4 Å².